The molecule has 140 valence electrons. The van der Waals surface area contributed by atoms with Crippen LogP contribution in [-0.2, 0) is 30.6 Å². The van der Waals surface area contributed by atoms with E-state index in [1.165, 1.54) is 17.0 Å². The zero-order valence-corrected chi connectivity index (χ0v) is 14.5. The number of aryl methyl sites for hydroxylation is 1. The number of benzene rings is 1. The van der Waals surface area contributed by atoms with E-state index in [4.69, 9.17) is 0 Å². The van der Waals surface area contributed by atoms with Gasteiger partial charge in [0.15, 0.2) is 0 Å². The number of nitrogens with one attached hydrogen (secondary N) is 1. The van der Waals surface area contributed by atoms with Crippen molar-refractivity contribution >= 4 is 5.91 Å². The molecule has 1 amide bonds. The zero-order chi connectivity index (χ0) is 18.7. The quantitative estimate of drug-likeness (QED) is 0.855. The van der Waals surface area contributed by atoms with Crippen molar-refractivity contribution in [2.24, 2.45) is 0 Å². The monoisotopic (exact) mass is 366 g/mol. The lowest BCUT2D eigenvalue weighted by molar-refractivity contribution is -0.139. The van der Waals surface area contributed by atoms with Crippen molar-refractivity contribution in [2.75, 3.05) is 6.54 Å². The predicted octanol–water partition coefficient (Wildman–Crippen LogP) is 2.81. The summed E-state index contributed by atoms with van der Waals surface area (Å²) in [6, 6.07) is 5.30. The molecule has 1 saturated heterocycles. The number of imidazole rings is 1. The van der Waals surface area contributed by atoms with Crippen molar-refractivity contribution in [3.63, 3.8) is 0 Å². The molecule has 1 aromatic heterocycles. The highest BCUT2D eigenvalue weighted by Gasteiger charge is 2.35. The largest absolute Gasteiger partial charge is 0.416 e. The van der Waals surface area contributed by atoms with Crippen molar-refractivity contribution in [3.05, 3.63) is 53.6 Å². The molecule has 1 atom stereocenters. The summed E-state index contributed by atoms with van der Waals surface area (Å²) in [5.41, 5.74) is -0.565. The highest BCUT2D eigenvalue weighted by Crippen LogP contribution is 2.32. The summed E-state index contributed by atoms with van der Waals surface area (Å²) in [7, 11) is 0. The van der Waals surface area contributed by atoms with Crippen LogP contribution >= 0.6 is 0 Å². The van der Waals surface area contributed by atoms with Crippen LogP contribution in [0.25, 0.3) is 0 Å². The van der Waals surface area contributed by atoms with E-state index in [2.05, 4.69) is 10.3 Å². The Labute approximate surface area is 149 Å². The van der Waals surface area contributed by atoms with Crippen LogP contribution in [0.1, 0.15) is 30.3 Å². The Balaban J connectivity index is 1.62. The second-order valence-electron chi connectivity index (χ2n) is 6.34. The molecular formula is C18H21F3N4O. The number of nitrogens with zero attached hydrogens (tertiary/aromatic N) is 3. The van der Waals surface area contributed by atoms with Crippen LogP contribution in [0.15, 0.2) is 36.7 Å². The Bertz CT molecular complexity index is 772. The topological polar surface area (TPSA) is 50.2 Å². The van der Waals surface area contributed by atoms with Crippen LogP contribution in [0.3, 0.4) is 0 Å². The third-order valence-electron chi connectivity index (χ3n) is 4.59. The summed E-state index contributed by atoms with van der Waals surface area (Å²) in [5.74, 6) is 0.735. The van der Waals surface area contributed by atoms with Gasteiger partial charge in [0.1, 0.15) is 5.82 Å². The van der Waals surface area contributed by atoms with Crippen LogP contribution < -0.4 is 5.32 Å². The molecule has 0 radical (unpaired) electrons. The standard InChI is InChI=1S/C18H21F3N4O/c1-2-24-8-7-22-16(24)10-23-14-9-17(26)25(12-14)11-13-5-3-4-6-15(13)18(19,20)21/h3-8,14,23H,2,9-12H2,1H3/t14-/m0/s1. The Morgan fingerprint density at radius 2 is 2.08 bits per heavy atom. The minimum atomic E-state index is -4.42. The zero-order valence-electron chi connectivity index (χ0n) is 14.5. The van der Waals surface area contributed by atoms with Gasteiger partial charge in [-0.05, 0) is 18.6 Å². The molecule has 1 N–H and O–H groups in total. The van der Waals surface area contributed by atoms with Gasteiger partial charge in [-0.3, -0.25) is 4.79 Å². The summed E-state index contributed by atoms with van der Waals surface area (Å²) < 4.78 is 41.4. The van der Waals surface area contributed by atoms with Crippen LogP contribution in [0.5, 0.6) is 0 Å². The average Bonchev–Trinajstić information content (AvgIpc) is 3.19. The first kappa shape index (κ1) is 18.4. The molecule has 0 bridgehead atoms. The first-order chi connectivity index (χ1) is 12.4. The van der Waals surface area contributed by atoms with Gasteiger partial charge in [0.05, 0.1) is 12.1 Å². The van der Waals surface area contributed by atoms with E-state index in [1.54, 1.807) is 12.3 Å². The van der Waals surface area contributed by atoms with Crippen molar-refractivity contribution < 1.29 is 18.0 Å². The summed E-state index contributed by atoms with van der Waals surface area (Å²) >= 11 is 0. The fourth-order valence-electron chi connectivity index (χ4n) is 3.23. The first-order valence-corrected chi connectivity index (χ1v) is 8.54. The van der Waals surface area contributed by atoms with Gasteiger partial charge in [-0.25, -0.2) is 4.98 Å². The third-order valence-corrected chi connectivity index (χ3v) is 4.59. The number of carbonyl (C=O) groups excluding carboxylic acids is 1. The van der Waals surface area contributed by atoms with E-state index in [0.717, 1.165) is 18.4 Å². The van der Waals surface area contributed by atoms with Gasteiger partial charge in [-0.1, -0.05) is 18.2 Å². The number of hydrogen-bond donors (Lipinski definition) is 1. The van der Waals surface area contributed by atoms with Gasteiger partial charge in [0.2, 0.25) is 5.91 Å². The summed E-state index contributed by atoms with van der Waals surface area (Å²) in [4.78, 5) is 18.0. The number of amides is 1. The molecule has 0 aliphatic carbocycles. The fraction of sp³-hybridized carbons (Fsp3) is 0.444. The summed E-state index contributed by atoms with van der Waals surface area (Å²) in [5, 5.41) is 3.28. The Morgan fingerprint density at radius 3 is 2.81 bits per heavy atom. The molecule has 5 nitrogen and oxygen atoms in total. The number of carbonyl (C=O) groups is 1. The van der Waals surface area contributed by atoms with Gasteiger partial charge in [-0.15, -0.1) is 0 Å². The smallest absolute Gasteiger partial charge is 0.337 e. The number of alkyl halides is 3. The molecule has 26 heavy (non-hydrogen) atoms. The lowest BCUT2D eigenvalue weighted by Gasteiger charge is -2.20. The molecule has 0 spiro atoms. The second kappa shape index (κ2) is 7.49. The maximum absolute atomic E-state index is 13.1. The molecule has 0 saturated carbocycles. The maximum atomic E-state index is 13.1. The number of rotatable bonds is 6. The van der Waals surface area contributed by atoms with Crippen LogP contribution in [0.2, 0.25) is 0 Å². The second-order valence-corrected chi connectivity index (χ2v) is 6.34. The van der Waals surface area contributed by atoms with Crippen LogP contribution in [0, 0.1) is 0 Å². The SMILES string of the molecule is CCn1ccnc1CN[C@H]1CC(=O)N(Cc2ccccc2C(F)(F)F)C1. The molecular weight excluding hydrogens is 345 g/mol. The molecule has 3 rings (SSSR count). The summed E-state index contributed by atoms with van der Waals surface area (Å²) in [6.45, 7) is 3.70. The fourth-order valence-corrected chi connectivity index (χ4v) is 3.23. The Morgan fingerprint density at radius 1 is 1.31 bits per heavy atom. The van der Waals surface area contributed by atoms with E-state index >= 15 is 0 Å². The first-order valence-electron chi connectivity index (χ1n) is 8.54. The molecule has 1 fully saturated rings. The molecule has 2 aromatic rings. The Hall–Kier alpha value is -2.35. The van der Waals surface area contributed by atoms with Gasteiger partial charge in [0, 0.05) is 44.5 Å². The van der Waals surface area contributed by atoms with E-state index in [0.29, 0.717) is 13.1 Å². The Kier molecular flexibility index (Phi) is 5.31. The van der Waals surface area contributed by atoms with Gasteiger partial charge in [0.25, 0.3) is 0 Å². The molecule has 8 heteroatoms. The van der Waals surface area contributed by atoms with E-state index < -0.39 is 11.7 Å². The lowest BCUT2D eigenvalue weighted by atomic mass is 10.1. The van der Waals surface area contributed by atoms with E-state index in [1.807, 2.05) is 17.7 Å². The minimum Gasteiger partial charge on any atom is -0.337 e. The van der Waals surface area contributed by atoms with E-state index in [-0.39, 0.29) is 30.5 Å². The van der Waals surface area contributed by atoms with Gasteiger partial charge >= 0.3 is 6.18 Å². The molecule has 1 aromatic carbocycles. The molecule has 1 aliphatic heterocycles. The maximum Gasteiger partial charge on any atom is 0.416 e. The van der Waals surface area contributed by atoms with Crippen molar-refractivity contribution in [2.45, 2.75) is 45.2 Å². The highest BCUT2D eigenvalue weighted by molar-refractivity contribution is 5.79. The number of halogens is 3. The molecule has 2 heterocycles. The number of aromatic nitrogens is 2. The minimum absolute atomic E-state index is 0.0315. The predicted molar refractivity (Wildman–Crippen MR) is 90.0 cm³/mol. The van der Waals surface area contributed by atoms with Crippen molar-refractivity contribution in [1.82, 2.24) is 19.8 Å². The van der Waals surface area contributed by atoms with Crippen molar-refractivity contribution in [3.8, 4) is 0 Å². The number of likely N-dealkylation sites (tertiary alicyclic amines) is 1. The van der Waals surface area contributed by atoms with Gasteiger partial charge < -0.3 is 14.8 Å². The van der Waals surface area contributed by atoms with Gasteiger partial charge in [-0.2, -0.15) is 13.2 Å². The molecule has 1 aliphatic rings. The normalized spacial score (nSPS) is 17.9. The van der Waals surface area contributed by atoms with Crippen LogP contribution in [-0.4, -0.2) is 32.9 Å². The summed E-state index contributed by atoms with van der Waals surface area (Å²) in [6.07, 6.45) is -0.535. The van der Waals surface area contributed by atoms with E-state index in [9.17, 15) is 18.0 Å². The lowest BCUT2D eigenvalue weighted by Crippen LogP contribution is -2.33. The third kappa shape index (κ3) is 4.07. The average molecular weight is 366 g/mol. The molecule has 0 unspecified atom stereocenters. The number of hydrogen-bond acceptors (Lipinski definition) is 3. The van der Waals surface area contributed by atoms with Crippen LogP contribution in [0.4, 0.5) is 13.2 Å². The van der Waals surface area contributed by atoms with Crippen molar-refractivity contribution in [1.29, 1.82) is 0 Å². The highest BCUT2D eigenvalue weighted by atomic mass is 19.4.